The standard InChI is InChI=1S/C14H19NO/c1-2-3-5-10-14-15-13(11-16-14)12-8-6-4-7-9-12/h4,6-9,13H,2-3,5,10-11H2,1H3/t13-/m0/s1. The number of ether oxygens (including phenoxy) is 1. The number of hydrogen-bond donors (Lipinski definition) is 0. The van der Waals surface area contributed by atoms with Crippen LogP contribution in [0.15, 0.2) is 35.3 Å². The van der Waals surface area contributed by atoms with E-state index in [0.717, 1.165) is 12.3 Å². The number of aliphatic imine (C=N–C) groups is 1. The van der Waals surface area contributed by atoms with E-state index in [0.29, 0.717) is 6.61 Å². The maximum Gasteiger partial charge on any atom is 0.184 e. The van der Waals surface area contributed by atoms with Gasteiger partial charge in [0, 0.05) is 6.42 Å². The first-order valence-electron chi connectivity index (χ1n) is 6.14. The highest BCUT2D eigenvalue weighted by Crippen LogP contribution is 2.23. The second-order valence-corrected chi connectivity index (χ2v) is 4.22. The summed E-state index contributed by atoms with van der Waals surface area (Å²) in [5, 5.41) is 0. The molecule has 2 nitrogen and oxygen atoms in total. The van der Waals surface area contributed by atoms with Gasteiger partial charge in [-0.05, 0) is 12.0 Å². The van der Waals surface area contributed by atoms with E-state index in [1.54, 1.807) is 0 Å². The van der Waals surface area contributed by atoms with Crippen molar-refractivity contribution in [1.82, 2.24) is 0 Å². The van der Waals surface area contributed by atoms with Gasteiger partial charge in [0.2, 0.25) is 0 Å². The van der Waals surface area contributed by atoms with Crippen LogP contribution in [-0.2, 0) is 4.74 Å². The van der Waals surface area contributed by atoms with E-state index in [1.165, 1.54) is 24.8 Å². The Morgan fingerprint density at radius 3 is 2.81 bits per heavy atom. The van der Waals surface area contributed by atoms with E-state index in [9.17, 15) is 0 Å². The Morgan fingerprint density at radius 1 is 1.25 bits per heavy atom. The second kappa shape index (κ2) is 5.69. The van der Waals surface area contributed by atoms with Gasteiger partial charge >= 0.3 is 0 Å². The van der Waals surface area contributed by atoms with Crippen LogP contribution < -0.4 is 0 Å². The fourth-order valence-corrected chi connectivity index (χ4v) is 1.93. The number of hydrogen-bond acceptors (Lipinski definition) is 2. The summed E-state index contributed by atoms with van der Waals surface area (Å²) in [6.07, 6.45) is 4.70. The highest BCUT2D eigenvalue weighted by Gasteiger charge is 2.19. The molecule has 0 aromatic heterocycles. The molecule has 1 atom stereocenters. The smallest absolute Gasteiger partial charge is 0.184 e. The average molecular weight is 217 g/mol. The van der Waals surface area contributed by atoms with Gasteiger partial charge in [0.05, 0.1) is 0 Å². The minimum absolute atomic E-state index is 0.220. The van der Waals surface area contributed by atoms with Crippen LogP contribution in [0.1, 0.15) is 44.2 Å². The predicted molar refractivity (Wildman–Crippen MR) is 66.7 cm³/mol. The first kappa shape index (κ1) is 11.2. The third kappa shape index (κ3) is 2.84. The molecule has 0 saturated heterocycles. The van der Waals surface area contributed by atoms with E-state index in [4.69, 9.17) is 4.74 Å². The molecule has 1 aromatic rings. The molecule has 1 aromatic carbocycles. The summed E-state index contributed by atoms with van der Waals surface area (Å²) in [7, 11) is 0. The van der Waals surface area contributed by atoms with Crippen molar-refractivity contribution in [2.45, 2.75) is 38.6 Å². The molecule has 0 fully saturated rings. The van der Waals surface area contributed by atoms with Gasteiger partial charge in [-0.15, -0.1) is 0 Å². The Bertz CT molecular complexity index is 345. The average Bonchev–Trinajstić information content (AvgIpc) is 2.79. The molecule has 86 valence electrons. The molecule has 0 aliphatic carbocycles. The molecule has 1 aliphatic heterocycles. The van der Waals surface area contributed by atoms with E-state index in [-0.39, 0.29) is 6.04 Å². The Balaban J connectivity index is 1.90. The van der Waals surface area contributed by atoms with Gasteiger partial charge in [0.15, 0.2) is 5.90 Å². The van der Waals surface area contributed by atoms with Gasteiger partial charge in [-0.3, -0.25) is 0 Å². The van der Waals surface area contributed by atoms with E-state index < -0.39 is 0 Å². The van der Waals surface area contributed by atoms with Crippen molar-refractivity contribution in [2.75, 3.05) is 6.61 Å². The van der Waals surface area contributed by atoms with Crippen LogP contribution in [0.5, 0.6) is 0 Å². The molecule has 0 saturated carbocycles. The van der Waals surface area contributed by atoms with Crippen molar-refractivity contribution in [3.8, 4) is 0 Å². The van der Waals surface area contributed by atoms with Crippen molar-refractivity contribution in [1.29, 1.82) is 0 Å². The topological polar surface area (TPSA) is 21.6 Å². The lowest BCUT2D eigenvalue weighted by atomic mass is 10.1. The number of nitrogens with zero attached hydrogens (tertiary/aromatic N) is 1. The molecule has 2 heteroatoms. The zero-order valence-corrected chi connectivity index (χ0v) is 9.86. The second-order valence-electron chi connectivity index (χ2n) is 4.22. The van der Waals surface area contributed by atoms with Crippen molar-refractivity contribution in [2.24, 2.45) is 4.99 Å². The third-order valence-electron chi connectivity index (χ3n) is 2.89. The zero-order chi connectivity index (χ0) is 11.2. The molecule has 1 aliphatic rings. The summed E-state index contributed by atoms with van der Waals surface area (Å²) in [5.41, 5.74) is 1.26. The van der Waals surface area contributed by atoms with Crippen LogP contribution in [0.25, 0.3) is 0 Å². The van der Waals surface area contributed by atoms with Crippen molar-refractivity contribution < 1.29 is 4.74 Å². The molecular formula is C14H19NO. The van der Waals surface area contributed by atoms with Crippen LogP contribution in [0, 0.1) is 0 Å². The summed E-state index contributed by atoms with van der Waals surface area (Å²) in [5.74, 6) is 0.947. The Labute approximate surface area is 97.4 Å². The van der Waals surface area contributed by atoms with Crippen LogP contribution in [-0.4, -0.2) is 12.5 Å². The first-order valence-corrected chi connectivity index (χ1v) is 6.14. The van der Waals surface area contributed by atoms with E-state index in [2.05, 4.69) is 36.2 Å². The monoisotopic (exact) mass is 217 g/mol. The summed E-state index contributed by atoms with van der Waals surface area (Å²) in [6.45, 7) is 2.93. The minimum Gasteiger partial charge on any atom is -0.478 e. The number of benzene rings is 1. The fourth-order valence-electron chi connectivity index (χ4n) is 1.93. The van der Waals surface area contributed by atoms with E-state index >= 15 is 0 Å². The molecule has 0 spiro atoms. The Kier molecular flexibility index (Phi) is 3.97. The van der Waals surface area contributed by atoms with Crippen molar-refractivity contribution in [3.63, 3.8) is 0 Å². The van der Waals surface area contributed by atoms with Crippen molar-refractivity contribution >= 4 is 5.90 Å². The van der Waals surface area contributed by atoms with Gasteiger partial charge in [-0.25, -0.2) is 4.99 Å². The lowest BCUT2D eigenvalue weighted by Gasteiger charge is -2.03. The summed E-state index contributed by atoms with van der Waals surface area (Å²) in [4.78, 5) is 4.62. The molecule has 0 radical (unpaired) electrons. The maximum atomic E-state index is 5.62. The molecule has 1 heterocycles. The van der Waals surface area contributed by atoms with Gasteiger partial charge in [-0.2, -0.15) is 0 Å². The van der Waals surface area contributed by atoms with Crippen LogP contribution in [0.2, 0.25) is 0 Å². The molecule has 16 heavy (non-hydrogen) atoms. The van der Waals surface area contributed by atoms with Gasteiger partial charge in [0.25, 0.3) is 0 Å². The Hall–Kier alpha value is -1.31. The SMILES string of the molecule is CCCCCC1=N[C@H](c2ccccc2)CO1. The minimum atomic E-state index is 0.220. The molecule has 0 bridgehead atoms. The van der Waals surface area contributed by atoms with Gasteiger partial charge < -0.3 is 4.74 Å². The molecule has 2 rings (SSSR count). The van der Waals surface area contributed by atoms with Crippen LogP contribution in [0.4, 0.5) is 0 Å². The van der Waals surface area contributed by atoms with Crippen LogP contribution in [0.3, 0.4) is 0 Å². The highest BCUT2D eigenvalue weighted by atomic mass is 16.5. The first-order chi connectivity index (χ1) is 7.90. The third-order valence-corrected chi connectivity index (χ3v) is 2.89. The lowest BCUT2D eigenvalue weighted by Crippen LogP contribution is -1.99. The lowest BCUT2D eigenvalue weighted by molar-refractivity contribution is 0.310. The zero-order valence-electron chi connectivity index (χ0n) is 9.86. The maximum absolute atomic E-state index is 5.62. The molecule has 0 amide bonds. The quantitative estimate of drug-likeness (QED) is 0.688. The van der Waals surface area contributed by atoms with Crippen molar-refractivity contribution in [3.05, 3.63) is 35.9 Å². The Morgan fingerprint density at radius 2 is 2.06 bits per heavy atom. The molecule has 0 unspecified atom stereocenters. The summed E-state index contributed by atoms with van der Waals surface area (Å²) in [6, 6.07) is 10.6. The van der Waals surface area contributed by atoms with Gasteiger partial charge in [-0.1, -0.05) is 50.1 Å². The summed E-state index contributed by atoms with van der Waals surface area (Å²) < 4.78 is 5.62. The predicted octanol–water partition coefficient (Wildman–Crippen LogP) is 3.74. The molecule has 0 N–H and O–H groups in total. The highest BCUT2D eigenvalue weighted by molar-refractivity contribution is 5.77. The molecular weight excluding hydrogens is 198 g/mol. The van der Waals surface area contributed by atoms with Gasteiger partial charge in [0.1, 0.15) is 12.6 Å². The number of unbranched alkanes of at least 4 members (excludes halogenated alkanes) is 2. The van der Waals surface area contributed by atoms with E-state index in [1.807, 2.05) is 6.07 Å². The van der Waals surface area contributed by atoms with Crippen LogP contribution >= 0.6 is 0 Å². The number of rotatable bonds is 5. The fraction of sp³-hybridized carbons (Fsp3) is 0.500. The summed E-state index contributed by atoms with van der Waals surface area (Å²) >= 11 is 0. The largest absolute Gasteiger partial charge is 0.478 e. The normalized spacial score (nSPS) is 19.3.